The van der Waals surface area contributed by atoms with Crippen LogP contribution in [-0.2, 0) is 18.5 Å². The molecule has 0 spiro atoms. The van der Waals surface area contributed by atoms with Gasteiger partial charge in [0.15, 0.2) is 0 Å². The van der Waals surface area contributed by atoms with Gasteiger partial charge in [0, 0.05) is 29.1 Å². The molecule has 4 bridgehead atoms. The summed E-state index contributed by atoms with van der Waals surface area (Å²) in [5.41, 5.74) is 7.14. The Kier molecular flexibility index (Phi) is 2.81. The van der Waals surface area contributed by atoms with Crippen LogP contribution in [0, 0.1) is 17.8 Å². The number of hydrogen-bond donors (Lipinski definition) is 1. The molecule has 136 valence electrons. The summed E-state index contributed by atoms with van der Waals surface area (Å²) < 4.78 is 2.61. The standard InChI is InChI=1S/C24H30N2/c1-2-18-13-25-14-26-22-5-4-19(9-21(22)20(3-1)23(18)26)24-10-15-6-16(11-24)8-17(7-15)12-24/h4-5,9,15-18,25H,1-3,6-8,10-14H2. The molecule has 26 heavy (non-hydrogen) atoms. The Labute approximate surface area is 156 Å². The second-order valence-corrected chi connectivity index (χ2v) is 10.4. The Morgan fingerprint density at radius 1 is 1.00 bits per heavy atom. The van der Waals surface area contributed by atoms with Crippen molar-refractivity contribution in [1.82, 2.24) is 9.88 Å². The molecule has 1 unspecified atom stereocenters. The van der Waals surface area contributed by atoms with Crippen LogP contribution in [0.2, 0.25) is 0 Å². The Balaban J connectivity index is 1.41. The molecular formula is C24H30N2. The van der Waals surface area contributed by atoms with E-state index in [2.05, 4.69) is 28.1 Å². The number of nitrogens with zero attached hydrogens (tertiary/aromatic N) is 1. The van der Waals surface area contributed by atoms with Crippen LogP contribution in [0.1, 0.15) is 74.1 Å². The minimum absolute atomic E-state index is 0.532. The number of aryl methyl sites for hydroxylation is 1. The summed E-state index contributed by atoms with van der Waals surface area (Å²) >= 11 is 0. The summed E-state index contributed by atoms with van der Waals surface area (Å²) in [4.78, 5) is 0. The molecule has 2 heteroatoms. The lowest BCUT2D eigenvalue weighted by Gasteiger charge is -2.57. The SMILES string of the molecule is c1cc2c(cc1C13CC4CC(CC(C4)C1)C3)c1c3n2CNCC3CCC1. The molecule has 0 amide bonds. The van der Waals surface area contributed by atoms with Crippen molar-refractivity contribution >= 4 is 10.9 Å². The highest BCUT2D eigenvalue weighted by Gasteiger charge is 2.51. The molecule has 4 fully saturated rings. The Morgan fingerprint density at radius 3 is 2.54 bits per heavy atom. The third kappa shape index (κ3) is 1.82. The molecule has 6 aliphatic rings. The lowest BCUT2D eigenvalue weighted by molar-refractivity contribution is -0.00513. The highest BCUT2D eigenvalue weighted by molar-refractivity contribution is 5.87. The number of fused-ring (bicyclic) bond motifs is 3. The average Bonchev–Trinajstić information content (AvgIpc) is 2.97. The molecule has 8 rings (SSSR count). The van der Waals surface area contributed by atoms with Crippen LogP contribution in [0.4, 0.5) is 0 Å². The van der Waals surface area contributed by atoms with Gasteiger partial charge in [0.25, 0.3) is 0 Å². The molecule has 1 N–H and O–H groups in total. The zero-order chi connectivity index (χ0) is 16.9. The summed E-state index contributed by atoms with van der Waals surface area (Å²) in [7, 11) is 0. The quantitative estimate of drug-likeness (QED) is 0.761. The second-order valence-electron chi connectivity index (χ2n) is 10.4. The van der Waals surface area contributed by atoms with E-state index in [0.29, 0.717) is 5.41 Å². The van der Waals surface area contributed by atoms with E-state index in [-0.39, 0.29) is 0 Å². The molecule has 1 aliphatic heterocycles. The largest absolute Gasteiger partial charge is 0.331 e. The van der Waals surface area contributed by atoms with E-state index in [1.54, 1.807) is 41.5 Å². The van der Waals surface area contributed by atoms with Gasteiger partial charge in [-0.1, -0.05) is 6.07 Å². The molecule has 2 aromatic rings. The Bertz CT molecular complexity index is 867. The average molecular weight is 347 g/mol. The molecule has 0 radical (unpaired) electrons. The van der Waals surface area contributed by atoms with Crippen molar-refractivity contribution in [1.29, 1.82) is 0 Å². The van der Waals surface area contributed by atoms with Crippen molar-refractivity contribution in [3.8, 4) is 0 Å². The minimum Gasteiger partial charge on any atom is -0.331 e. The first-order chi connectivity index (χ1) is 12.8. The van der Waals surface area contributed by atoms with E-state index in [4.69, 9.17) is 0 Å². The predicted molar refractivity (Wildman–Crippen MR) is 105 cm³/mol. The van der Waals surface area contributed by atoms with E-state index >= 15 is 0 Å². The molecule has 2 heterocycles. The minimum atomic E-state index is 0.532. The third-order valence-electron chi connectivity index (χ3n) is 8.89. The van der Waals surface area contributed by atoms with Gasteiger partial charge in [0.05, 0.1) is 6.67 Å². The van der Waals surface area contributed by atoms with Gasteiger partial charge in [-0.25, -0.2) is 0 Å². The maximum absolute atomic E-state index is 3.67. The molecule has 0 saturated heterocycles. The van der Waals surface area contributed by atoms with Crippen LogP contribution in [0.25, 0.3) is 10.9 Å². The van der Waals surface area contributed by atoms with Crippen LogP contribution in [0.5, 0.6) is 0 Å². The molecule has 1 atom stereocenters. The van der Waals surface area contributed by atoms with Crippen LogP contribution in [0.15, 0.2) is 18.2 Å². The fourth-order valence-corrected chi connectivity index (χ4v) is 8.35. The molecule has 2 nitrogen and oxygen atoms in total. The predicted octanol–water partition coefficient (Wildman–Crippen LogP) is 5.09. The normalized spacial score (nSPS) is 40.2. The fourth-order valence-electron chi connectivity index (χ4n) is 8.35. The van der Waals surface area contributed by atoms with Gasteiger partial charge in [-0.3, -0.25) is 5.32 Å². The zero-order valence-electron chi connectivity index (χ0n) is 15.8. The first kappa shape index (κ1) is 14.7. The van der Waals surface area contributed by atoms with E-state index < -0.39 is 0 Å². The molecule has 1 aromatic carbocycles. The number of benzene rings is 1. The zero-order valence-corrected chi connectivity index (χ0v) is 15.8. The maximum atomic E-state index is 3.67. The van der Waals surface area contributed by atoms with Gasteiger partial charge in [-0.2, -0.15) is 0 Å². The van der Waals surface area contributed by atoms with Crippen LogP contribution >= 0.6 is 0 Å². The number of rotatable bonds is 1. The van der Waals surface area contributed by atoms with Crippen LogP contribution in [0.3, 0.4) is 0 Å². The van der Waals surface area contributed by atoms with Crippen molar-refractivity contribution in [2.75, 3.05) is 6.54 Å². The van der Waals surface area contributed by atoms with Crippen LogP contribution < -0.4 is 5.32 Å². The van der Waals surface area contributed by atoms with Crippen molar-refractivity contribution in [3.05, 3.63) is 35.0 Å². The van der Waals surface area contributed by atoms with Gasteiger partial charge in [0.1, 0.15) is 0 Å². The summed E-state index contributed by atoms with van der Waals surface area (Å²) in [6.07, 6.45) is 13.1. The van der Waals surface area contributed by atoms with Crippen molar-refractivity contribution in [3.63, 3.8) is 0 Å². The van der Waals surface area contributed by atoms with Crippen molar-refractivity contribution in [2.45, 2.75) is 75.8 Å². The monoisotopic (exact) mass is 346 g/mol. The number of aromatic nitrogens is 1. The van der Waals surface area contributed by atoms with Gasteiger partial charge < -0.3 is 4.57 Å². The van der Waals surface area contributed by atoms with Gasteiger partial charge in [-0.15, -0.1) is 0 Å². The summed E-state index contributed by atoms with van der Waals surface area (Å²) in [5, 5.41) is 5.28. The van der Waals surface area contributed by atoms with Crippen molar-refractivity contribution < 1.29 is 0 Å². The van der Waals surface area contributed by atoms with Crippen molar-refractivity contribution in [2.24, 2.45) is 17.8 Å². The second kappa shape index (κ2) is 4.95. The number of hydrogen-bond acceptors (Lipinski definition) is 1. The summed E-state index contributed by atoms with van der Waals surface area (Å²) in [6.45, 7) is 2.20. The van der Waals surface area contributed by atoms with E-state index in [1.165, 1.54) is 50.6 Å². The van der Waals surface area contributed by atoms with E-state index in [0.717, 1.165) is 30.3 Å². The Hall–Kier alpha value is -1.28. The first-order valence-corrected chi connectivity index (χ1v) is 11.2. The molecule has 5 aliphatic carbocycles. The number of nitrogens with one attached hydrogen (secondary N) is 1. The molecule has 1 aromatic heterocycles. The Morgan fingerprint density at radius 2 is 1.77 bits per heavy atom. The smallest absolute Gasteiger partial charge is 0.0729 e. The maximum Gasteiger partial charge on any atom is 0.0729 e. The topological polar surface area (TPSA) is 17.0 Å². The third-order valence-corrected chi connectivity index (χ3v) is 8.89. The summed E-state index contributed by atoms with van der Waals surface area (Å²) in [5.74, 6) is 3.85. The van der Waals surface area contributed by atoms with E-state index in [9.17, 15) is 0 Å². The lowest BCUT2D eigenvalue weighted by Crippen LogP contribution is -2.48. The highest BCUT2D eigenvalue weighted by atomic mass is 15.2. The van der Waals surface area contributed by atoms with Gasteiger partial charge >= 0.3 is 0 Å². The lowest BCUT2D eigenvalue weighted by atomic mass is 9.48. The van der Waals surface area contributed by atoms with Gasteiger partial charge in [-0.05, 0) is 104 Å². The molecule has 4 saturated carbocycles. The molecular weight excluding hydrogens is 316 g/mol. The fraction of sp³-hybridized carbons (Fsp3) is 0.667. The van der Waals surface area contributed by atoms with Crippen LogP contribution in [-0.4, -0.2) is 11.1 Å². The summed E-state index contributed by atoms with van der Waals surface area (Å²) in [6, 6.07) is 7.70. The van der Waals surface area contributed by atoms with E-state index in [1.807, 2.05) is 0 Å². The highest BCUT2D eigenvalue weighted by Crippen LogP contribution is 2.61. The van der Waals surface area contributed by atoms with Gasteiger partial charge in [0.2, 0.25) is 0 Å². The first-order valence-electron chi connectivity index (χ1n) is 11.2.